The first-order chi connectivity index (χ1) is 7.65. The molecule has 0 aromatic rings. The van der Waals surface area contributed by atoms with Crippen LogP contribution in [0.25, 0.3) is 0 Å². The predicted octanol–water partition coefficient (Wildman–Crippen LogP) is -1.38. The summed E-state index contributed by atoms with van der Waals surface area (Å²) in [5, 5.41) is 0. The Balaban J connectivity index is 0. The van der Waals surface area contributed by atoms with Gasteiger partial charge >= 0.3 is 26.2 Å². The fraction of sp³-hybridized carbons (Fsp3) is 0.500. The summed E-state index contributed by atoms with van der Waals surface area (Å²) >= 11 is 0. The molecule has 2 aliphatic rings. The van der Waals surface area contributed by atoms with Gasteiger partial charge in [-0.2, -0.15) is 17.2 Å². The number of allylic oxidation sites excluding steroid dienone is 8. The summed E-state index contributed by atoms with van der Waals surface area (Å²) < 4.78 is 0. The van der Waals surface area contributed by atoms with Crippen LogP contribution in [0, 0.1) is 17.9 Å². The Morgan fingerprint density at radius 2 is 1.68 bits per heavy atom. The molecule has 0 N–H and O–H groups in total. The summed E-state index contributed by atoms with van der Waals surface area (Å²) in [5.74, 6) is 1.15. The van der Waals surface area contributed by atoms with Gasteiger partial charge in [0.25, 0.3) is 0 Å². The summed E-state index contributed by atoms with van der Waals surface area (Å²) in [6.07, 6.45) is 13.1. The van der Waals surface area contributed by atoms with Crippen LogP contribution >= 0.6 is 0 Å². The fourth-order valence-electron chi connectivity index (χ4n) is 2.66. The second-order valence-corrected chi connectivity index (χ2v) is 4.91. The van der Waals surface area contributed by atoms with Crippen molar-refractivity contribution in [3.63, 3.8) is 0 Å². The van der Waals surface area contributed by atoms with Crippen molar-refractivity contribution in [1.82, 2.24) is 0 Å². The molecule has 0 bridgehead atoms. The van der Waals surface area contributed by atoms with Crippen molar-refractivity contribution in [2.45, 2.75) is 40.5 Å². The van der Waals surface area contributed by atoms with Gasteiger partial charge in [0.1, 0.15) is 0 Å². The van der Waals surface area contributed by atoms with E-state index in [9.17, 15) is 0 Å². The second kappa shape index (κ2) is 9.38. The molecule has 0 spiro atoms. The average Bonchev–Trinajstić information content (AvgIpc) is 2.81. The maximum Gasteiger partial charge on any atom is 3.00 e. The SMILES string of the molecule is CCC1[C-]=C(C2=CC(C)=CC2CC)C(C)=C1.[Cl-].[Cl-].[Zr+3]. The topological polar surface area (TPSA) is 0 Å². The third-order valence-corrected chi connectivity index (χ3v) is 3.59. The van der Waals surface area contributed by atoms with E-state index in [1.54, 1.807) is 0 Å². The van der Waals surface area contributed by atoms with E-state index in [1.807, 2.05) is 0 Å². The van der Waals surface area contributed by atoms with Crippen LogP contribution in [0.2, 0.25) is 0 Å². The fourth-order valence-corrected chi connectivity index (χ4v) is 2.66. The van der Waals surface area contributed by atoms with Gasteiger partial charge in [-0.1, -0.05) is 51.2 Å². The van der Waals surface area contributed by atoms with Gasteiger partial charge in [0.2, 0.25) is 0 Å². The van der Waals surface area contributed by atoms with Crippen molar-refractivity contribution in [2.75, 3.05) is 0 Å². The van der Waals surface area contributed by atoms with Crippen LogP contribution in [0.1, 0.15) is 40.5 Å². The van der Waals surface area contributed by atoms with Crippen molar-refractivity contribution in [1.29, 1.82) is 0 Å². The van der Waals surface area contributed by atoms with Crippen LogP contribution in [-0.2, 0) is 26.2 Å². The second-order valence-electron chi connectivity index (χ2n) is 4.91. The maximum atomic E-state index is 3.64. The Morgan fingerprint density at radius 3 is 2.16 bits per heavy atom. The zero-order chi connectivity index (χ0) is 11.7. The molecule has 0 aromatic carbocycles. The Hall–Kier alpha value is 0.423. The van der Waals surface area contributed by atoms with Crippen molar-refractivity contribution in [3.8, 4) is 0 Å². The summed E-state index contributed by atoms with van der Waals surface area (Å²) in [6.45, 7) is 8.91. The van der Waals surface area contributed by atoms with Crippen LogP contribution < -0.4 is 24.8 Å². The van der Waals surface area contributed by atoms with Gasteiger partial charge in [-0.15, -0.1) is 17.7 Å². The Labute approximate surface area is 149 Å². The maximum absolute atomic E-state index is 3.64. The molecule has 0 aliphatic heterocycles. The average molecular weight is 375 g/mol. The summed E-state index contributed by atoms with van der Waals surface area (Å²) in [4.78, 5) is 0. The number of rotatable bonds is 3. The van der Waals surface area contributed by atoms with Gasteiger partial charge in [-0.05, 0) is 12.8 Å². The van der Waals surface area contributed by atoms with Crippen LogP contribution in [0.3, 0.4) is 0 Å². The largest absolute Gasteiger partial charge is 3.00 e. The molecule has 0 amide bonds. The molecule has 19 heavy (non-hydrogen) atoms. The molecular formula is C16H21Cl2Zr. The minimum absolute atomic E-state index is 0. The van der Waals surface area contributed by atoms with E-state index in [-0.39, 0.29) is 51.0 Å². The van der Waals surface area contributed by atoms with Crippen molar-refractivity contribution in [3.05, 3.63) is 46.6 Å². The van der Waals surface area contributed by atoms with E-state index < -0.39 is 0 Å². The zero-order valence-electron chi connectivity index (χ0n) is 12.1. The van der Waals surface area contributed by atoms with Gasteiger partial charge in [-0.25, -0.2) is 0 Å². The number of hydrogen-bond acceptors (Lipinski definition) is 0. The van der Waals surface area contributed by atoms with Gasteiger partial charge < -0.3 is 24.8 Å². The third kappa shape index (κ3) is 4.73. The van der Waals surface area contributed by atoms with E-state index in [0.29, 0.717) is 11.8 Å². The third-order valence-electron chi connectivity index (χ3n) is 3.59. The van der Waals surface area contributed by atoms with Crippen molar-refractivity contribution < 1.29 is 51.0 Å². The first-order valence-electron chi connectivity index (χ1n) is 6.38. The van der Waals surface area contributed by atoms with Crippen LogP contribution in [0.15, 0.2) is 40.5 Å². The molecule has 2 rings (SSSR count). The molecule has 0 saturated carbocycles. The van der Waals surface area contributed by atoms with Crippen molar-refractivity contribution >= 4 is 0 Å². The van der Waals surface area contributed by atoms with Gasteiger partial charge in [0.05, 0.1) is 0 Å². The molecular weight excluding hydrogens is 354 g/mol. The molecule has 2 unspecified atom stereocenters. The smallest absolute Gasteiger partial charge is 1.00 e. The molecule has 3 heteroatoms. The standard InChI is InChI=1S/C16H21.2ClH.Zr/c1-5-13-9-12(4)15(10-13)16-8-11(3)7-14(16)6-2;;;/h7-9,13-14H,5-6H2,1-4H3;2*1H;/q-1;;;+3/p-2. The predicted molar refractivity (Wildman–Crippen MR) is 69.9 cm³/mol. The minimum Gasteiger partial charge on any atom is -1.00 e. The molecule has 0 heterocycles. The molecule has 0 nitrogen and oxygen atoms in total. The van der Waals surface area contributed by atoms with Crippen molar-refractivity contribution in [2.24, 2.45) is 11.8 Å². The molecule has 0 aromatic heterocycles. The summed E-state index contributed by atoms with van der Waals surface area (Å²) in [6, 6.07) is 0. The Morgan fingerprint density at radius 1 is 1.05 bits per heavy atom. The van der Waals surface area contributed by atoms with E-state index in [4.69, 9.17) is 0 Å². The first kappa shape index (κ1) is 21.7. The molecule has 103 valence electrons. The number of halogens is 2. The van der Waals surface area contributed by atoms with Gasteiger partial charge in [0, 0.05) is 0 Å². The van der Waals surface area contributed by atoms with E-state index in [2.05, 4.69) is 52.0 Å². The van der Waals surface area contributed by atoms with E-state index in [0.717, 1.165) is 6.42 Å². The van der Waals surface area contributed by atoms with Gasteiger partial charge in [0.15, 0.2) is 0 Å². The zero-order valence-corrected chi connectivity index (χ0v) is 16.0. The van der Waals surface area contributed by atoms with E-state index >= 15 is 0 Å². The van der Waals surface area contributed by atoms with Gasteiger partial charge in [-0.3, -0.25) is 0 Å². The molecule has 1 radical (unpaired) electrons. The van der Waals surface area contributed by atoms with Crippen LogP contribution in [0.5, 0.6) is 0 Å². The first-order valence-corrected chi connectivity index (χ1v) is 6.38. The Kier molecular flexibility index (Phi) is 10.7. The van der Waals surface area contributed by atoms with Crippen LogP contribution in [0.4, 0.5) is 0 Å². The summed E-state index contributed by atoms with van der Waals surface area (Å²) in [5.41, 5.74) is 5.69. The molecule has 0 fully saturated rings. The molecule has 2 aliphatic carbocycles. The van der Waals surface area contributed by atoms with Crippen LogP contribution in [-0.4, -0.2) is 0 Å². The quantitative estimate of drug-likeness (QED) is 0.534. The van der Waals surface area contributed by atoms with E-state index in [1.165, 1.54) is 28.7 Å². The monoisotopic (exact) mass is 373 g/mol. The number of hydrogen-bond donors (Lipinski definition) is 0. The normalized spacial score (nSPS) is 24.2. The minimum atomic E-state index is 0. The molecule has 2 atom stereocenters. The molecule has 0 saturated heterocycles. The Bertz CT molecular complexity index is 416. The summed E-state index contributed by atoms with van der Waals surface area (Å²) in [7, 11) is 0.